The zero-order valence-corrected chi connectivity index (χ0v) is 18.0. The van der Waals surface area contributed by atoms with Gasteiger partial charge < -0.3 is 15.4 Å². The summed E-state index contributed by atoms with van der Waals surface area (Å²) < 4.78 is 31.0. The standard InChI is InChI=1S/C19H29N3O6S/c1-5-22(6-2)29(26,27)16-9-7-15(8-10-16)19(25)21-12-18(24)28-13-17(23)20-11-14(3)4/h7-10,14H,5-6,11-13H2,1-4H3,(H,20,23)(H,21,25). The zero-order valence-electron chi connectivity index (χ0n) is 17.2. The van der Waals surface area contributed by atoms with Crippen LogP contribution in [0.3, 0.4) is 0 Å². The molecule has 0 saturated carbocycles. The molecule has 0 heterocycles. The van der Waals surface area contributed by atoms with E-state index in [4.69, 9.17) is 4.74 Å². The highest BCUT2D eigenvalue weighted by molar-refractivity contribution is 7.89. The molecule has 0 aliphatic carbocycles. The minimum atomic E-state index is -3.61. The van der Waals surface area contributed by atoms with Gasteiger partial charge in [-0.15, -0.1) is 0 Å². The molecule has 2 amide bonds. The summed E-state index contributed by atoms with van der Waals surface area (Å²) in [5, 5.41) is 4.98. The average Bonchev–Trinajstić information content (AvgIpc) is 2.69. The third-order valence-corrected chi connectivity index (χ3v) is 5.99. The van der Waals surface area contributed by atoms with Crippen LogP contribution in [0.15, 0.2) is 29.2 Å². The molecule has 0 spiro atoms. The third kappa shape index (κ3) is 7.82. The molecule has 0 aliphatic rings. The summed E-state index contributed by atoms with van der Waals surface area (Å²) in [5.74, 6) is -1.44. The minimum Gasteiger partial charge on any atom is -0.454 e. The fourth-order valence-electron chi connectivity index (χ4n) is 2.31. The van der Waals surface area contributed by atoms with E-state index in [1.807, 2.05) is 13.8 Å². The van der Waals surface area contributed by atoms with Crippen molar-refractivity contribution >= 4 is 27.8 Å². The molecule has 0 unspecified atom stereocenters. The summed E-state index contributed by atoms with van der Waals surface area (Å²) in [7, 11) is -3.61. The van der Waals surface area contributed by atoms with E-state index in [0.717, 1.165) is 0 Å². The van der Waals surface area contributed by atoms with Crippen LogP contribution >= 0.6 is 0 Å². The highest BCUT2D eigenvalue weighted by Crippen LogP contribution is 2.16. The molecule has 9 nitrogen and oxygen atoms in total. The van der Waals surface area contributed by atoms with Crippen LogP contribution in [0.25, 0.3) is 0 Å². The molecule has 1 aromatic carbocycles. The smallest absolute Gasteiger partial charge is 0.325 e. The van der Waals surface area contributed by atoms with Crippen molar-refractivity contribution in [3.05, 3.63) is 29.8 Å². The molecule has 1 rings (SSSR count). The monoisotopic (exact) mass is 427 g/mol. The first kappa shape index (κ1) is 24.6. The Kier molecular flexibility index (Phi) is 9.76. The Morgan fingerprint density at radius 1 is 1.03 bits per heavy atom. The van der Waals surface area contributed by atoms with E-state index >= 15 is 0 Å². The van der Waals surface area contributed by atoms with Gasteiger partial charge in [-0.2, -0.15) is 4.31 Å². The Morgan fingerprint density at radius 3 is 2.14 bits per heavy atom. The number of hydrogen-bond donors (Lipinski definition) is 2. The molecule has 162 valence electrons. The fraction of sp³-hybridized carbons (Fsp3) is 0.526. The van der Waals surface area contributed by atoms with E-state index in [1.165, 1.54) is 28.6 Å². The van der Waals surface area contributed by atoms with Crippen molar-refractivity contribution in [3.63, 3.8) is 0 Å². The van der Waals surface area contributed by atoms with Crippen molar-refractivity contribution < 1.29 is 27.5 Å². The molecule has 10 heteroatoms. The molecule has 29 heavy (non-hydrogen) atoms. The first-order valence-corrected chi connectivity index (χ1v) is 10.9. The number of esters is 1. The molecule has 0 radical (unpaired) electrons. The van der Waals surface area contributed by atoms with Crippen molar-refractivity contribution in [1.82, 2.24) is 14.9 Å². The van der Waals surface area contributed by atoms with Gasteiger partial charge in [0.2, 0.25) is 10.0 Å². The van der Waals surface area contributed by atoms with Crippen molar-refractivity contribution in [2.24, 2.45) is 5.92 Å². The minimum absolute atomic E-state index is 0.0876. The average molecular weight is 428 g/mol. The van der Waals surface area contributed by atoms with E-state index in [0.29, 0.717) is 19.6 Å². The van der Waals surface area contributed by atoms with Crippen LogP contribution in [0.5, 0.6) is 0 Å². The van der Waals surface area contributed by atoms with Gasteiger partial charge in [0.25, 0.3) is 11.8 Å². The van der Waals surface area contributed by atoms with Gasteiger partial charge in [0.15, 0.2) is 6.61 Å². The van der Waals surface area contributed by atoms with Gasteiger partial charge in [0, 0.05) is 25.2 Å². The Morgan fingerprint density at radius 2 is 1.62 bits per heavy atom. The van der Waals surface area contributed by atoms with Crippen molar-refractivity contribution in [2.75, 3.05) is 32.8 Å². The molecule has 0 aromatic heterocycles. The van der Waals surface area contributed by atoms with Crippen molar-refractivity contribution in [1.29, 1.82) is 0 Å². The molecule has 0 bridgehead atoms. The topological polar surface area (TPSA) is 122 Å². The zero-order chi connectivity index (χ0) is 22.0. The predicted molar refractivity (Wildman–Crippen MR) is 108 cm³/mol. The van der Waals surface area contributed by atoms with E-state index in [1.54, 1.807) is 13.8 Å². The fourth-order valence-corrected chi connectivity index (χ4v) is 3.77. The first-order chi connectivity index (χ1) is 13.6. The Labute approximate surface area is 171 Å². The number of benzene rings is 1. The number of rotatable bonds is 11. The lowest BCUT2D eigenvalue weighted by molar-refractivity contribution is -0.147. The molecule has 2 N–H and O–H groups in total. The van der Waals surface area contributed by atoms with Gasteiger partial charge in [-0.1, -0.05) is 27.7 Å². The Hall–Kier alpha value is -2.46. The van der Waals surface area contributed by atoms with Crippen molar-refractivity contribution in [3.8, 4) is 0 Å². The normalized spacial score (nSPS) is 11.4. The van der Waals surface area contributed by atoms with Gasteiger partial charge in [-0.05, 0) is 30.2 Å². The quantitative estimate of drug-likeness (QED) is 0.503. The number of hydrogen-bond acceptors (Lipinski definition) is 6. The lowest BCUT2D eigenvalue weighted by Gasteiger charge is -2.18. The summed E-state index contributed by atoms with van der Waals surface area (Å²) >= 11 is 0. The van der Waals surface area contributed by atoms with Crippen LogP contribution in [0, 0.1) is 5.92 Å². The second-order valence-corrected chi connectivity index (χ2v) is 8.59. The molecule has 0 aliphatic heterocycles. The highest BCUT2D eigenvalue weighted by Gasteiger charge is 2.21. The number of nitrogens with one attached hydrogen (secondary N) is 2. The maximum absolute atomic E-state index is 12.4. The second-order valence-electron chi connectivity index (χ2n) is 6.65. The largest absolute Gasteiger partial charge is 0.454 e. The van der Waals surface area contributed by atoms with E-state index in [-0.39, 0.29) is 16.4 Å². The van der Waals surface area contributed by atoms with E-state index in [2.05, 4.69) is 10.6 Å². The van der Waals surface area contributed by atoms with E-state index < -0.39 is 41.0 Å². The van der Waals surface area contributed by atoms with Gasteiger partial charge in [-0.25, -0.2) is 8.42 Å². The van der Waals surface area contributed by atoms with Gasteiger partial charge in [0.1, 0.15) is 6.54 Å². The van der Waals surface area contributed by atoms with Gasteiger partial charge >= 0.3 is 5.97 Å². The molecule has 0 fully saturated rings. The van der Waals surface area contributed by atoms with Crippen LogP contribution in [-0.4, -0.2) is 63.3 Å². The summed E-state index contributed by atoms with van der Waals surface area (Å²) in [6, 6.07) is 5.44. The van der Waals surface area contributed by atoms with Gasteiger partial charge in [-0.3, -0.25) is 14.4 Å². The molecule has 0 atom stereocenters. The Bertz CT molecular complexity index is 802. The molecular weight excluding hydrogens is 398 g/mol. The number of nitrogens with zero attached hydrogens (tertiary/aromatic N) is 1. The summed E-state index contributed by atoms with van der Waals surface area (Å²) in [4.78, 5) is 35.3. The Balaban J connectivity index is 2.55. The highest BCUT2D eigenvalue weighted by atomic mass is 32.2. The SMILES string of the molecule is CCN(CC)S(=O)(=O)c1ccc(C(=O)NCC(=O)OCC(=O)NCC(C)C)cc1. The lowest BCUT2D eigenvalue weighted by Crippen LogP contribution is -2.35. The van der Waals surface area contributed by atoms with Crippen LogP contribution in [0.1, 0.15) is 38.1 Å². The third-order valence-electron chi connectivity index (χ3n) is 3.92. The summed E-state index contributed by atoms with van der Waals surface area (Å²) in [5.41, 5.74) is 0.200. The number of carbonyl (C=O) groups excluding carboxylic acids is 3. The van der Waals surface area contributed by atoms with Crippen molar-refractivity contribution in [2.45, 2.75) is 32.6 Å². The number of carbonyl (C=O) groups is 3. The van der Waals surface area contributed by atoms with Crippen LogP contribution in [-0.2, 0) is 24.3 Å². The van der Waals surface area contributed by atoms with Crippen LogP contribution < -0.4 is 10.6 Å². The predicted octanol–water partition coefficient (Wildman–Crippen LogP) is 0.762. The number of ether oxygens (including phenoxy) is 1. The molecular formula is C19H29N3O6S. The van der Waals surface area contributed by atoms with Crippen LogP contribution in [0.2, 0.25) is 0 Å². The molecule has 1 aromatic rings. The van der Waals surface area contributed by atoms with E-state index in [9.17, 15) is 22.8 Å². The lowest BCUT2D eigenvalue weighted by atomic mass is 10.2. The number of sulfonamides is 1. The molecule has 0 saturated heterocycles. The number of amides is 2. The maximum Gasteiger partial charge on any atom is 0.325 e. The van der Waals surface area contributed by atoms with Crippen LogP contribution in [0.4, 0.5) is 0 Å². The van der Waals surface area contributed by atoms with Gasteiger partial charge in [0.05, 0.1) is 4.90 Å². The second kappa shape index (κ2) is 11.5. The summed E-state index contributed by atoms with van der Waals surface area (Å²) in [6.07, 6.45) is 0. The first-order valence-electron chi connectivity index (χ1n) is 9.42. The summed E-state index contributed by atoms with van der Waals surface area (Å²) in [6.45, 7) is 7.71. The maximum atomic E-state index is 12.4.